The van der Waals surface area contributed by atoms with E-state index >= 15 is 0 Å². The van der Waals surface area contributed by atoms with Crippen molar-refractivity contribution in [2.75, 3.05) is 6.54 Å². The van der Waals surface area contributed by atoms with E-state index in [0.717, 1.165) is 18.6 Å². The van der Waals surface area contributed by atoms with Gasteiger partial charge in [-0.3, -0.25) is 15.6 Å². The first kappa shape index (κ1) is 18.3. The fraction of sp³-hybridized carbons (Fsp3) is 0.250. The molecule has 4 nitrogen and oxygen atoms in total. The fourth-order valence-electron chi connectivity index (χ4n) is 1.94. The molecule has 2 aromatic rings. The van der Waals surface area contributed by atoms with E-state index in [9.17, 15) is 13.6 Å². The molecule has 0 aliphatic carbocycles. The van der Waals surface area contributed by atoms with Crippen LogP contribution in [0, 0.1) is 11.6 Å². The van der Waals surface area contributed by atoms with Crippen molar-refractivity contribution >= 4 is 34.6 Å². The molecule has 0 spiro atoms. The van der Waals surface area contributed by atoms with Gasteiger partial charge in [0.2, 0.25) is 5.91 Å². The number of thiocarbonyl (C=S) groups is 1. The van der Waals surface area contributed by atoms with Crippen LogP contribution in [0.25, 0.3) is 0 Å². The molecule has 2 rings (SSSR count). The number of aryl methyl sites for hydroxylation is 1. The number of thiophene rings is 1. The first-order valence-corrected chi connectivity index (χ1v) is 8.62. The number of hydrogen-bond donors (Lipinski definition) is 3. The standard InChI is InChI=1S/C16H17F2N3OS2/c17-13-5-3-11(10-14(13)18)4-6-15(22)20-21-16(23)19-8-7-12-2-1-9-24-12/h1-3,5,9-10H,4,6-8H2,(H,20,22)(H2,19,21,23). The maximum atomic E-state index is 13.1. The summed E-state index contributed by atoms with van der Waals surface area (Å²) in [5.74, 6) is -2.10. The maximum Gasteiger partial charge on any atom is 0.238 e. The third kappa shape index (κ3) is 6.21. The smallest absolute Gasteiger partial charge is 0.238 e. The molecule has 0 bridgehead atoms. The lowest BCUT2D eigenvalue weighted by molar-refractivity contribution is -0.121. The molecule has 1 aromatic carbocycles. The fourth-order valence-corrected chi connectivity index (χ4v) is 2.80. The van der Waals surface area contributed by atoms with E-state index < -0.39 is 11.6 Å². The van der Waals surface area contributed by atoms with Gasteiger partial charge in [0, 0.05) is 17.8 Å². The van der Waals surface area contributed by atoms with Crippen LogP contribution >= 0.6 is 23.6 Å². The Bertz CT molecular complexity index is 693. The van der Waals surface area contributed by atoms with E-state index in [-0.39, 0.29) is 12.3 Å². The molecule has 0 saturated heterocycles. The minimum atomic E-state index is -0.915. The molecular formula is C16H17F2N3OS2. The molecule has 0 saturated carbocycles. The molecule has 24 heavy (non-hydrogen) atoms. The van der Waals surface area contributed by atoms with Crippen molar-refractivity contribution < 1.29 is 13.6 Å². The van der Waals surface area contributed by atoms with E-state index in [4.69, 9.17) is 12.2 Å². The quantitative estimate of drug-likeness (QED) is 0.541. The number of rotatable bonds is 6. The molecular weight excluding hydrogens is 352 g/mol. The Labute approximate surface area is 148 Å². The highest BCUT2D eigenvalue weighted by atomic mass is 32.1. The van der Waals surface area contributed by atoms with Gasteiger partial charge in [0.1, 0.15) is 0 Å². The molecule has 1 heterocycles. The monoisotopic (exact) mass is 369 g/mol. The van der Waals surface area contributed by atoms with Crippen molar-refractivity contribution in [2.45, 2.75) is 19.3 Å². The van der Waals surface area contributed by atoms with Gasteiger partial charge in [0.15, 0.2) is 16.7 Å². The highest BCUT2D eigenvalue weighted by Crippen LogP contribution is 2.10. The number of halogens is 2. The summed E-state index contributed by atoms with van der Waals surface area (Å²) in [6, 6.07) is 7.63. The average Bonchev–Trinajstić information content (AvgIpc) is 3.07. The summed E-state index contributed by atoms with van der Waals surface area (Å²) in [6.07, 6.45) is 1.29. The number of amides is 1. The zero-order valence-corrected chi connectivity index (χ0v) is 14.4. The van der Waals surface area contributed by atoms with Crippen LogP contribution in [0.1, 0.15) is 16.9 Å². The van der Waals surface area contributed by atoms with Crippen molar-refractivity contribution in [2.24, 2.45) is 0 Å². The summed E-state index contributed by atoms with van der Waals surface area (Å²) in [7, 11) is 0. The predicted molar refractivity (Wildman–Crippen MR) is 94.6 cm³/mol. The van der Waals surface area contributed by atoms with Crippen LogP contribution < -0.4 is 16.2 Å². The lowest BCUT2D eigenvalue weighted by atomic mass is 10.1. The van der Waals surface area contributed by atoms with Gasteiger partial charge in [0.05, 0.1) is 0 Å². The number of benzene rings is 1. The van der Waals surface area contributed by atoms with Crippen LogP contribution in [0.5, 0.6) is 0 Å². The van der Waals surface area contributed by atoms with Crippen LogP contribution in [0.15, 0.2) is 35.7 Å². The lowest BCUT2D eigenvalue weighted by Crippen LogP contribution is -2.47. The maximum absolute atomic E-state index is 13.1. The van der Waals surface area contributed by atoms with Crippen LogP contribution in [-0.4, -0.2) is 17.6 Å². The minimum absolute atomic E-state index is 0.135. The summed E-state index contributed by atoms with van der Waals surface area (Å²) in [5.41, 5.74) is 5.63. The van der Waals surface area contributed by atoms with Crippen molar-refractivity contribution in [3.05, 3.63) is 57.8 Å². The summed E-state index contributed by atoms with van der Waals surface area (Å²) in [4.78, 5) is 13.0. The second kappa shape index (κ2) is 9.29. The topological polar surface area (TPSA) is 53.2 Å². The van der Waals surface area contributed by atoms with E-state index in [1.165, 1.54) is 10.9 Å². The minimum Gasteiger partial charge on any atom is -0.361 e. The van der Waals surface area contributed by atoms with Crippen molar-refractivity contribution in [1.29, 1.82) is 0 Å². The van der Waals surface area contributed by atoms with Crippen LogP contribution in [0.4, 0.5) is 8.78 Å². The van der Waals surface area contributed by atoms with E-state index in [1.807, 2.05) is 17.5 Å². The summed E-state index contributed by atoms with van der Waals surface area (Å²) in [6.45, 7) is 0.664. The SMILES string of the molecule is O=C(CCc1ccc(F)c(F)c1)NNC(=S)NCCc1cccs1. The zero-order valence-electron chi connectivity index (χ0n) is 12.8. The van der Waals surface area contributed by atoms with Crippen molar-refractivity contribution in [3.8, 4) is 0 Å². The van der Waals surface area contributed by atoms with Crippen LogP contribution in [-0.2, 0) is 17.6 Å². The molecule has 0 fully saturated rings. The predicted octanol–water partition coefficient (Wildman–Crippen LogP) is 2.70. The number of carbonyl (C=O) groups excluding carboxylic acids is 1. The van der Waals surface area contributed by atoms with Crippen molar-refractivity contribution in [3.63, 3.8) is 0 Å². The van der Waals surface area contributed by atoms with Gasteiger partial charge in [-0.2, -0.15) is 0 Å². The summed E-state index contributed by atoms with van der Waals surface area (Å²) in [5, 5.41) is 5.32. The molecule has 128 valence electrons. The Kier molecular flexibility index (Phi) is 7.07. The van der Waals surface area contributed by atoms with Gasteiger partial charge < -0.3 is 5.32 Å². The molecule has 0 unspecified atom stereocenters. The van der Waals surface area contributed by atoms with E-state index in [1.54, 1.807) is 11.3 Å². The number of hydrogen-bond acceptors (Lipinski definition) is 3. The third-order valence-corrected chi connectivity index (χ3v) is 4.36. The summed E-state index contributed by atoms with van der Waals surface area (Å²) < 4.78 is 25.9. The average molecular weight is 369 g/mol. The lowest BCUT2D eigenvalue weighted by Gasteiger charge is -2.11. The molecule has 0 radical (unpaired) electrons. The van der Waals surface area contributed by atoms with Gasteiger partial charge in [-0.25, -0.2) is 8.78 Å². The Morgan fingerprint density at radius 1 is 1.12 bits per heavy atom. The van der Waals surface area contributed by atoms with E-state index in [2.05, 4.69) is 16.2 Å². The number of carbonyl (C=O) groups is 1. The first-order chi connectivity index (χ1) is 11.5. The molecule has 0 aliphatic heterocycles. The highest BCUT2D eigenvalue weighted by molar-refractivity contribution is 7.80. The Hall–Kier alpha value is -2.06. The Morgan fingerprint density at radius 3 is 2.67 bits per heavy atom. The molecule has 1 amide bonds. The summed E-state index contributed by atoms with van der Waals surface area (Å²) >= 11 is 6.73. The number of hydrazine groups is 1. The molecule has 8 heteroatoms. The van der Waals surface area contributed by atoms with Gasteiger partial charge in [-0.05, 0) is 54.2 Å². The Balaban J connectivity index is 1.61. The first-order valence-electron chi connectivity index (χ1n) is 7.33. The van der Waals surface area contributed by atoms with Crippen LogP contribution in [0.3, 0.4) is 0 Å². The van der Waals surface area contributed by atoms with Crippen LogP contribution in [0.2, 0.25) is 0 Å². The molecule has 3 N–H and O–H groups in total. The largest absolute Gasteiger partial charge is 0.361 e. The molecule has 1 aromatic heterocycles. The molecule has 0 aliphatic rings. The van der Waals surface area contributed by atoms with Gasteiger partial charge in [0.25, 0.3) is 0 Å². The molecule has 0 atom stereocenters. The second-order valence-corrected chi connectivity index (χ2v) is 6.45. The second-order valence-electron chi connectivity index (χ2n) is 5.01. The normalized spacial score (nSPS) is 10.2. The highest BCUT2D eigenvalue weighted by Gasteiger charge is 2.06. The van der Waals surface area contributed by atoms with E-state index in [0.29, 0.717) is 23.6 Å². The number of nitrogens with one attached hydrogen (secondary N) is 3. The van der Waals surface area contributed by atoms with Gasteiger partial charge in [-0.1, -0.05) is 12.1 Å². The van der Waals surface area contributed by atoms with Gasteiger partial charge >= 0.3 is 0 Å². The van der Waals surface area contributed by atoms with Gasteiger partial charge in [-0.15, -0.1) is 11.3 Å². The van der Waals surface area contributed by atoms with Crippen molar-refractivity contribution in [1.82, 2.24) is 16.2 Å². The zero-order chi connectivity index (χ0) is 17.4. The Morgan fingerprint density at radius 2 is 1.96 bits per heavy atom. The third-order valence-electron chi connectivity index (χ3n) is 3.18.